The molecule has 0 aromatic heterocycles. The highest BCUT2D eigenvalue weighted by molar-refractivity contribution is 5.96. The first-order valence-electron chi connectivity index (χ1n) is 7.35. The molecule has 3 N–H and O–H groups in total. The normalized spacial score (nSPS) is 16.5. The molecule has 0 spiro atoms. The van der Waals surface area contributed by atoms with Crippen LogP contribution in [0.3, 0.4) is 0 Å². The van der Waals surface area contributed by atoms with Crippen LogP contribution in [0.4, 0.5) is 18.9 Å². The lowest BCUT2D eigenvalue weighted by Gasteiger charge is -2.26. The van der Waals surface area contributed by atoms with Crippen molar-refractivity contribution in [1.29, 1.82) is 0 Å². The van der Waals surface area contributed by atoms with Crippen LogP contribution in [0.2, 0.25) is 0 Å². The van der Waals surface area contributed by atoms with Gasteiger partial charge >= 0.3 is 6.18 Å². The van der Waals surface area contributed by atoms with E-state index >= 15 is 0 Å². The number of nitrogens with zero attached hydrogens (tertiary/aromatic N) is 1. The van der Waals surface area contributed by atoms with Gasteiger partial charge in [-0.1, -0.05) is 6.42 Å². The maximum Gasteiger partial charge on any atom is 0.417 e. The van der Waals surface area contributed by atoms with Crippen molar-refractivity contribution in [3.63, 3.8) is 0 Å². The van der Waals surface area contributed by atoms with Gasteiger partial charge in [-0.25, -0.2) is 0 Å². The third-order valence-electron chi connectivity index (χ3n) is 3.76. The predicted molar refractivity (Wildman–Crippen MR) is 78.5 cm³/mol. The molecule has 2 rings (SSSR count). The molecule has 1 amide bonds. The van der Waals surface area contributed by atoms with E-state index in [1.165, 1.54) is 12.5 Å². The molecule has 1 aliphatic heterocycles. The van der Waals surface area contributed by atoms with Gasteiger partial charge in [0, 0.05) is 18.8 Å². The van der Waals surface area contributed by atoms with Crippen molar-refractivity contribution in [2.75, 3.05) is 31.9 Å². The van der Waals surface area contributed by atoms with Gasteiger partial charge in [0.05, 0.1) is 11.1 Å². The fraction of sp³-hybridized carbons (Fsp3) is 0.533. The van der Waals surface area contributed by atoms with Crippen molar-refractivity contribution in [2.24, 2.45) is 0 Å². The van der Waals surface area contributed by atoms with Gasteiger partial charge in [0.1, 0.15) is 0 Å². The zero-order valence-electron chi connectivity index (χ0n) is 12.2. The summed E-state index contributed by atoms with van der Waals surface area (Å²) in [6.07, 6.45) is -1.13. The number of piperidine rings is 1. The third kappa shape index (κ3) is 4.37. The maximum absolute atomic E-state index is 13.0. The molecule has 1 aliphatic rings. The van der Waals surface area contributed by atoms with Crippen molar-refractivity contribution in [1.82, 2.24) is 10.2 Å². The second-order valence-corrected chi connectivity index (χ2v) is 5.46. The van der Waals surface area contributed by atoms with E-state index in [2.05, 4.69) is 10.2 Å². The Kier molecular flexibility index (Phi) is 5.28. The minimum absolute atomic E-state index is 0.0165. The number of nitrogen functional groups attached to an aromatic ring is 1. The number of likely N-dealkylation sites (tertiary alicyclic amines) is 1. The van der Waals surface area contributed by atoms with Crippen molar-refractivity contribution >= 4 is 11.6 Å². The van der Waals surface area contributed by atoms with Crippen LogP contribution in [0.5, 0.6) is 0 Å². The van der Waals surface area contributed by atoms with Crippen LogP contribution < -0.4 is 11.1 Å². The molecular weight excluding hydrogens is 295 g/mol. The van der Waals surface area contributed by atoms with Gasteiger partial charge in [0.25, 0.3) is 5.91 Å². The number of amides is 1. The lowest BCUT2D eigenvalue weighted by atomic mass is 10.1. The largest absolute Gasteiger partial charge is 0.417 e. The van der Waals surface area contributed by atoms with E-state index < -0.39 is 17.6 Å². The van der Waals surface area contributed by atoms with Gasteiger partial charge in [-0.05, 0) is 44.1 Å². The smallest absolute Gasteiger partial charge is 0.399 e. The van der Waals surface area contributed by atoms with Crippen LogP contribution in [0, 0.1) is 0 Å². The van der Waals surface area contributed by atoms with Crippen molar-refractivity contribution in [2.45, 2.75) is 25.4 Å². The van der Waals surface area contributed by atoms with Gasteiger partial charge in [-0.3, -0.25) is 4.79 Å². The average Bonchev–Trinajstić information content (AvgIpc) is 2.47. The summed E-state index contributed by atoms with van der Waals surface area (Å²) in [4.78, 5) is 14.2. The van der Waals surface area contributed by atoms with Gasteiger partial charge in [-0.15, -0.1) is 0 Å². The molecule has 4 nitrogen and oxygen atoms in total. The molecule has 22 heavy (non-hydrogen) atoms. The Morgan fingerprint density at radius 1 is 1.23 bits per heavy atom. The Morgan fingerprint density at radius 2 is 1.91 bits per heavy atom. The number of hydrogen-bond acceptors (Lipinski definition) is 3. The Morgan fingerprint density at radius 3 is 2.55 bits per heavy atom. The molecule has 0 unspecified atom stereocenters. The minimum Gasteiger partial charge on any atom is -0.399 e. The first-order valence-corrected chi connectivity index (χ1v) is 7.35. The molecule has 1 heterocycles. The Labute approximate surface area is 127 Å². The van der Waals surface area contributed by atoms with Gasteiger partial charge < -0.3 is 16.0 Å². The first-order chi connectivity index (χ1) is 10.4. The van der Waals surface area contributed by atoms with Crippen LogP contribution in [0.25, 0.3) is 0 Å². The molecule has 1 fully saturated rings. The molecule has 0 atom stereocenters. The standard InChI is InChI=1S/C15H20F3N3O/c16-15(17,18)13-10-11(19)4-5-12(13)14(22)20-6-9-21-7-2-1-3-8-21/h4-5,10H,1-3,6-9,19H2,(H,20,22). The second-order valence-electron chi connectivity index (χ2n) is 5.46. The van der Waals surface area contributed by atoms with Crippen LogP contribution in [0.15, 0.2) is 18.2 Å². The molecule has 0 saturated carbocycles. The van der Waals surface area contributed by atoms with Gasteiger partial charge in [-0.2, -0.15) is 13.2 Å². The lowest BCUT2D eigenvalue weighted by molar-refractivity contribution is -0.137. The zero-order chi connectivity index (χ0) is 16.2. The van der Waals surface area contributed by atoms with Crippen molar-refractivity contribution < 1.29 is 18.0 Å². The summed E-state index contributed by atoms with van der Waals surface area (Å²) >= 11 is 0. The highest BCUT2D eigenvalue weighted by Crippen LogP contribution is 2.33. The molecular formula is C15H20F3N3O. The number of alkyl halides is 3. The van der Waals surface area contributed by atoms with E-state index in [0.29, 0.717) is 13.1 Å². The molecule has 0 aliphatic carbocycles. The van der Waals surface area contributed by atoms with E-state index in [1.54, 1.807) is 0 Å². The molecule has 122 valence electrons. The number of carbonyl (C=O) groups excluding carboxylic acids is 1. The van der Waals surface area contributed by atoms with E-state index in [-0.39, 0.29) is 11.3 Å². The fourth-order valence-electron chi connectivity index (χ4n) is 2.60. The summed E-state index contributed by atoms with van der Waals surface area (Å²) in [6.45, 7) is 2.94. The Balaban J connectivity index is 1.97. The molecule has 1 aromatic rings. The second kappa shape index (κ2) is 7.00. The topological polar surface area (TPSA) is 58.4 Å². The van der Waals surface area contributed by atoms with E-state index in [1.807, 2.05) is 0 Å². The molecule has 0 bridgehead atoms. The highest BCUT2D eigenvalue weighted by Gasteiger charge is 2.35. The summed E-state index contributed by atoms with van der Waals surface area (Å²) in [5, 5.41) is 2.56. The molecule has 7 heteroatoms. The van der Waals surface area contributed by atoms with Crippen LogP contribution in [-0.4, -0.2) is 37.0 Å². The summed E-state index contributed by atoms with van der Waals surface area (Å²) in [7, 11) is 0. The maximum atomic E-state index is 13.0. The Bertz CT molecular complexity index is 525. The number of benzene rings is 1. The number of halogens is 3. The quantitative estimate of drug-likeness (QED) is 0.839. The SMILES string of the molecule is Nc1ccc(C(=O)NCCN2CCCCC2)c(C(F)(F)F)c1. The summed E-state index contributed by atoms with van der Waals surface area (Å²) < 4.78 is 38.9. The lowest BCUT2D eigenvalue weighted by Crippen LogP contribution is -2.38. The molecule has 1 aromatic carbocycles. The third-order valence-corrected chi connectivity index (χ3v) is 3.76. The number of hydrogen-bond donors (Lipinski definition) is 2. The highest BCUT2D eigenvalue weighted by atomic mass is 19.4. The minimum atomic E-state index is -4.60. The van der Waals surface area contributed by atoms with Gasteiger partial charge in [0.15, 0.2) is 0 Å². The van der Waals surface area contributed by atoms with E-state index in [9.17, 15) is 18.0 Å². The summed E-state index contributed by atoms with van der Waals surface area (Å²) in [5.41, 5.74) is 3.98. The zero-order valence-corrected chi connectivity index (χ0v) is 12.2. The molecule has 1 saturated heterocycles. The van der Waals surface area contributed by atoms with Crippen molar-refractivity contribution in [3.8, 4) is 0 Å². The van der Waals surface area contributed by atoms with Gasteiger partial charge in [0.2, 0.25) is 0 Å². The Hall–Kier alpha value is -1.76. The number of nitrogens with one attached hydrogen (secondary N) is 1. The van der Waals surface area contributed by atoms with Crippen LogP contribution in [-0.2, 0) is 6.18 Å². The van der Waals surface area contributed by atoms with Crippen LogP contribution >= 0.6 is 0 Å². The molecule has 0 radical (unpaired) electrons. The van der Waals surface area contributed by atoms with E-state index in [0.717, 1.165) is 38.1 Å². The summed E-state index contributed by atoms with van der Waals surface area (Å²) in [6, 6.07) is 3.21. The fourth-order valence-corrected chi connectivity index (χ4v) is 2.60. The van der Waals surface area contributed by atoms with Crippen LogP contribution in [0.1, 0.15) is 35.2 Å². The first kappa shape index (κ1) is 16.6. The monoisotopic (exact) mass is 315 g/mol. The number of anilines is 1. The number of carbonyl (C=O) groups is 1. The number of rotatable bonds is 4. The number of nitrogens with two attached hydrogens (primary N) is 1. The predicted octanol–water partition coefficient (Wildman–Crippen LogP) is 2.50. The van der Waals surface area contributed by atoms with E-state index in [4.69, 9.17) is 5.73 Å². The summed E-state index contributed by atoms with van der Waals surface area (Å²) in [5.74, 6) is -0.718. The average molecular weight is 315 g/mol. The van der Waals surface area contributed by atoms with Crippen molar-refractivity contribution in [3.05, 3.63) is 29.3 Å².